The van der Waals surface area contributed by atoms with Crippen molar-refractivity contribution in [1.82, 2.24) is 15.6 Å². The molecule has 0 radical (unpaired) electrons. The molecule has 4 amide bonds. The summed E-state index contributed by atoms with van der Waals surface area (Å²) in [6.45, 7) is 1.48. The first-order chi connectivity index (χ1) is 18.5. The molecule has 1 unspecified atom stereocenters. The molecule has 9 nitrogen and oxygen atoms in total. The average molecular weight is 528 g/mol. The van der Waals surface area contributed by atoms with Crippen LogP contribution in [0.1, 0.15) is 35.9 Å². The molecule has 3 heterocycles. The number of nitrogens with zero attached hydrogens (tertiary/aromatic N) is 2. The molecule has 2 atom stereocenters. The van der Waals surface area contributed by atoms with Gasteiger partial charge < -0.3 is 20.7 Å². The van der Waals surface area contributed by atoms with E-state index in [4.69, 9.17) is 4.74 Å². The molecule has 1 saturated carbocycles. The van der Waals surface area contributed by atoms with Gasteiger partial charge in [-0.1, -0.05) is 18.2 Å². The van der Waals surface area contributed by atoms with Crippen molar-refractivity contribution < 1.29 is 19.1 Å². The molecule has 4 aromatic rings. The number of hydrogen-bond acceptors (Lipinski definition) is 6. The fraction of sp³-hybridized carbons (Fsp3) is 0.214. The topological polar surface area (TPSA) is 113 Å². The fourth-order valence-electron chi connectivity index (χ4n) is 5.09. The molecule has 3 N–H and O–H groups in total. The zero-order chi connectivity index (χ0) is 26.2. The Balaban J connectivity index is 1.29. The van der Waals surface area contributed by atoms with E-state index < -0.39 is 0 Å². The van der Waals surface area contributed by atoms with Crippen LogP contribution in [0.5, 0.6) is 11.5 Å². The molecule has 0 saturated heterocycles. The molecule has 192 valence electrons. The third-order valence-corrected chi connectivity index (χ3v) is 7.84. The Hall–Kier alpha value is -4.44. The van der Waals surface area contributed by atoms with Crippen molar-refractivity contribution in [1.29, 1.82) is 0 Å². The molecule has 10 heteroatoms. The Kier molecular flexibility index (Phi) is 6.16. The minimum Gasteiger partial charge on any atom is -0.457 e. The summed E-state index contributed by atoms with van der Waals surface area (Å²) in [7, 11) is 0. The third kappa shape index (κ3) is 4.43. The zero-order valence-electron chi connectivity index (χ0n) is 20.6. The number of amides is 4. The zero-order valence-corrected chi connectivity index (χ0v) is 21.4. The van der Waals surface area contributed by atoms with Gasteiger partial charge in [-0.15, -0.1) is 11.3 Å². The van der Waals surface area contributed by atoms with E-state index in [-0.39, 0.29) is 29.9 Å². The molecule has 0 spiro atoms. The molecule has 2 aliphatic rings. The summed E-state index contributed by atoms with van der Waals surface area (Å²) in [5.74, 6) is 0.972. The van der Waals surface area contributed by atoms with Crippen LogP contribution in [0.3, 0.4) is 0 Å². The highest BCUT2D eigenvalue weighted by molar-refractivity contribution is 7.21. The highest BCUT2D eigenvalue weighted by atomic mass is 32.1. The number of carbonyl (C=O) groups excluding carboxylic acids is 3. The van der Waals surface area contributed by atoms with Gasteiger partial charge in [0.1, 0.15) is 21.2 Å². The smallest absolute Gasteiger partial charge is 0.331 e. The van der Waals surface area contributed by atoms with Crippen LogP contribution in [0.15, 0.2) is 66.9 Å². The second-order valence-corrected chi connectivity index (χ2v) is 10.3. The highest BCUT2D eigenvalue weighted by Gasteiger charge is 2.35. The van der Waals surface area contributed by atoms with E-state index in [2.05, 4.69) is 20.9 Å². The average Bonchev–Trinajstić information content (AvgIpc) is 3.50. The Morgan fingerprint density at radius 3 is 2.45 bits per heavy atom. The second-order valence-electron chi connectivity index (χ2n) is 9.31. The minimum absolute atomic E-state index is 0.102. The number of thiophene rings is 1. The number of rotatable bonds is 6. The lowest BCUT2D eigenvalue weighted by molar-refractivity contribution is -0.119. The largest absolute Gasteiger partial charge is 0.457 e. The van der Waals surface area contributed by atoms with E-state index in [1.165, 1.54) is 18.3 Å². The quantitative estimate of drug-likeness (QED) is 0.304. The third-order valence-electron chi connectivity index (χ3n) is 6.75. The number of ether oxygens (including phenoxy) is 1. The van der Waals surface area contributed by atoms with Crippen LogP contribution in [0.2, 0.25) is 0 Å². The maximum atomic E-state index is 13.4. The Labute approximate surface area is 222 Å². The molecule has 1 aliphatic heterocycles. The standard InChI is InChI=1S/C28H25N5O4S/c1-16(34)30-20-8-5-9-21(20)31-26(35)25-24-23-22(14-15-29-27(23)38-25)33(28(36)32-24)17-10-12-19(13-11-17)37-18-6-3-2-4-7-18/h2-4,6-7,10-15,20-21H,5,8-9H2,1H3,(H,30,34)(H,31,35)(H,32,36)/t20?,21-/m1/s1. The van der Waals surface area contributed by atoms with E-state index in [0.717, 1.165) is 30.4 Å². The van der Waals surface area contributed by atoms with Crippen LogP contribution in [0, 0.1) is 0 Å². The lowest BCUT2D eigenvalue weighted by Crippen LogP contribution is -2.48. The molecule has 2 aromatic carbocycles. The van der Waals surface area contributed by atoms with E-state index in [1.807, 2.05) is 54.6 Å². The Morgan fingerprint density at radius 1 is 1.00 bits per heavy atom. The van der Waals surface area contributed by atoms with Crippen LogP contribution in [-0.4, -0.2) is 34.9 Å². The number of anilines is 3. The van der Waals surface area contributed by atoms with Gasteiger partial charge in [-0.05, 0) is 61.7 Å². The number of aromatic nitrogens is 1. The van der Waals surface area contributed by atoms with Gasteiger partial charge in [-0.3, -0.25) is 14.5 Å². The van der Waals surface area contributed by atoms with Crippen molar-refractivity contribution in [3.05, 3.63) is 71.7 Å². The Morgan fingerprint density at radius 2 is 1.71 bits per heavy atom. The number of hydrogen-bond donors (Lipinski definition) is 3. The predicted molar refractivity (Wildman–Crippen MR) is 146 cm³/mol. The fourth-order valence-corrected chi connectivity index (χ4v) is 6.11. The number of urea groups is 1. The van der Waals surface area contributed by atoms with Gasteiger partial charge in [0.05, 0.1) is 22.4 Å². The van der Waals surface area contributed by atoms with E-state index in [1.54, 1.807) is 17.2 Å². The van der Waals surface area contributed by atoms with Crippen LogP contribution in [-0.2, 0) is 4.79 Å². The van der Waals surface area contributed by atoms with Gasteiger partial charge in [0.25, 0.3) is 5.91 Å². The van der Waals surface area contributed by atoms with Crippen molar-refractivity contribution in [2.24, 2.45) is 0 Å². The monoisotopic (exact) mass is 527 g/mol. The molecular formula is C28H25N5O4S. The molecule has 1 aliphatic carbocycles. The number of para-hydroxylation sites is 1. The summed E-state index contributed by atoms with van der Waals surface area (Å²) in [5, 5.41) is 9.63. The first kappa shape index (κ1) is 23.9. The lowest BCUT2D eigenvalue weighted by atomic mass is 10.1. The summed E-state index contributed by atoms with van der Waals surface area (Å²) >= 11 is 1.24. The summed E-state index contributed by atoms with van der Waals surface area (Å²) in [5.41, 5.74) is 1.77. The molecule has 38 heavy (non-hydrogen) atoms. The van der Waals surface area contributed by atoms with Crippen LogP contribution in [0.25, 0.3) is 10.2 Å². The molecule has 6 rings (SSSR count). The van der Waals surface area contributed by atoms with Gasteiger partial charge in [0.15, 0.2) is 0 Å². The van der Waals surface area contributed by atoms with E-state index in [9.17, 15) is 14.4 Å². The van der Waals surface area contributed by atoms with Crippen LogP contribution >= 0.6 is 11.3 Å². The number of benzene rings is 2. The van der Waals surface area contributed by atoms with Gasteiger partial charge in [-0.25, -0.2) is 9.78 Å². The molecular weight excluding hydrogens is 502 g/mol. The van der Waals surface area contributed by atoms with Crippen molar-refractivity contribution in [2.45, 2.75) is 38.3 Å². The Bertz CT molecular complexity index is 1540. The lowest BCUT2D eigenvalue weighted by Gasteiger charge is -2.28. The maximum Gasteiger partial charge on any atom is 0.331 e. The predicted octanol–water partition coefficient (Wildman–Crippen LogP) is 5.56. The summed E-state index contributed by atoms with van der Waals surface area (Å²) < 4.78 is 5.88. The maximum absolute atomic E-state index is 13.4. The number of nitrogens with one attached hydrogen (secondary N) is 3. The molecule has 0 bridgehead atoms. The minimum atomic E-state index is -0.369. The van der Waals surface area contributed by atoms with Gasteiger partial charge in [-0.2, -0.15) is 0 Å². The van der Waals surface area contributed by atoms with Crippen LogP contribution in [0.4, 0.5) is 21.9 Å². The van der Waals surface area contributed by atoms with Gasteiger partial charge >= 0.3 is 6.03 Å². The number of pyridine rings is 1. The van der Waals surface area contributed by atoms with Gasteiger partial charge in [0, 0.05) is 25.2 Å². The first-order valence-corrected chi connectivity index (χ1v) is 13.2. The van der Waals surface area contributed by atoms with Crippen LogP contribution < -0.4 is 25.6 Å². The summed E-state index contributed by atoms with van der Waals surface area (Å²) in [6, 6.07) is 17.9. The molecule has 1 fully saturated rings. The first-order valence-electron chi connectivity index (χ1n) is 12.4. The SMILES string of the molecule is CC(=O)NC1CCC[C@H]1NC(=O)c1sc2nccc3c2c1NC(=O)N3c1ccc(Oc2ccccc2)cc1. The van der Waals surface area contributed by atoms with E-state index in [0.29, 0.717) is 32.5 Å². The van der Waals surface area contributed by atoms with Crippen molar-refractivity contribution in [2.75, 3.05) is 10.2 Å². The van der Waals surface area contributed by atoms with E-state index >= 15 is 0 Å². The second kappa shape index (κ2) is 9.79. The summed E-state index contributed by atoms with van der Waals surface area (Å²) in [6.07, 6.45) is 4.16. The van der Waals surface area contributed by atoms with Crippen molar-refractivity contribution in [3.8, 4) is 11.5 Å². The van der Waals surface area contributed by atoms with Crippen molar-refractivity contribution in [3.63, 3.8) is 0 Å². The van der Waals surface area contributed by atoms with Gasteiger partial charge in [0.2, 0.25) is 5.91 Å². The normalized spacial score (nSPS) is 18.2. The highest BCUT2D eigenvalue weighted by Crippen LogP contribution is 2.46. The molecule has 2 aromatic heterocycles. The van der Waals surface area contributed by atoms with Crippen molar-refractivity contribution >= 4 is 56.5 Å². The summed E-state index contributed by atoms with van der Waals surface area (Å²) in [4.78, 5) is 45.3. The number of carbonyl (C=O) groups is 3.